The minimum Gasteiger partial charge on any atom is -0.494 e. The maximum absolute atomic E-state index is 12.9. The van der Waals surface area contributed by atoms with Crippen LogP contribution in [-0.2, 0) is 11.3 Å². The van der Waals surface area contributed by atoms with Crippen LogP contribution >= 0.6 is 11.3 Å². The first-order chi connectivity index (χ1) is 13.7. The average Bonchev–Trinajstić information content (AvgIpc) is 3.25. The van der Waals surface area contributed by atoms with Gasteiger partial charge in [0, 0.05) is 42.8 Å². The van der Waals surface area contributed by atoms with Crippen molar-refractivity contribution in [3.05, 3.63) is 52.5 Å². The third kappa shape index (κ3) is 3.99. The molecule has 0 spiro atoms. The number of hydrogen-bond donors (Lipinski definition) is 0. The van der Waals surface area contributed by atoms with Crippen LogP contribution in [0.25, 0.3) is 10.2 Å². The van der Waals surface area contributed by atoms with Crippen LogP contribution in [0.4, 0.5) is 0 Å². The first-order valence-electron chi connectivity index (χ1n) is 9.83. The monoisotopic (exact) mass is 398 g/mol. The molecule has 3 aromatic rings. The number of hydrogen-bond acceptors (Lipinski definition) is 5. The molecular weight excluding hydrogens is 372 g/mol. The van der Waals surface area contributed by atoms with E-state index >= 15 is 0 Å². The summed E-state index contributed by atoms with van der Waals surface area (Å²) in [6, 6.07) is 11.6. The van der Waals surface area contributed by atoms with Gasteiger partial charge in [-0.15, -0.1) is 11.3 Å². The van der Waals surface area contributed by atoms with Crippen LogP contribution in [0, 0.1) is 6.92 Å². The summed E-state index contributed by atoms with van der Waals surface area (Å²) in [7, 11) is 0. The van der Waals surface area contributed by atoms with Gasteiger partial charge in [-0.2, -0.15) is 0 Å². The number of benzene rings is 1. The number of morpholine rings is 1. The van der Waals surface area contributed by atoms with E-state index in [9.17, 15) is 4.79 Å². The molecule has 4 rings (SSSR count). The van der Waals surface area contributed by atoms with E-state index in [0.717, 1.165) is 55.4 Å². The Morgan fingerprint density at radius 3 is 2.61 bits per heavy atom. The summed E-state index contributed by atoms with van der Waals surface area (Å²) in [4.78, 5) is 17.3. The summed E-state index contributed by atoms with van der Waals surface area (Å²) in [5, 5.41) is 1.15. The molecule has 0 atom stereocenters. The molecule has 6 heteroatoms. The second-order valence-corrected chi connectivity index (χ2v) is 8.08. The Morgan fingerprint density at radius 2 is 1.89 bits per heavy atom. The zero-order valence-electron chi connectivity index (χ0n) is 16.4. The van der Waals surface area contributed by atoms with E-state index in [1.807, 2.05) is 37.3 Å². The average molecular weight is 399 g/mol. The van der Waals surface area contributed by atoms with Crippen molar-refractivity contribution >= 4 is 27.3 Å². The number of ketones is 1. The van der Waals surface area contributed by atoms with Crippen LogP contribution in [0.1, 0.15) is 27.9 Å². The smallest absolute Gasteiger partial charge is 0.203 e. The van der Waals surface area contributed by atoms with E-state index in [1.165, 1.54) is 10.5 Å². The van der Waals surface area contributed by atoms with Gasteiger partial charge >= 0.3 is 0 Å². The molecule has 1 aliphatic rings. The third-order valence-electron chi connectivity index (χ3n) is 5.17. The molecule has 0 amide bonds. The van der Waals surface area contributed by atoms with Crippen molar-refractivity contribution in [2.24, 2.45) is 0 Å². The van der Waals surface area contributed by atoms with Gasteiger partial charge in [0.25, 0.3) is 0 Å². The summed E-state index contributed by atoms with van der Waals surface area (Å²) < 4.78 is 13.2. The van der Waals surface area contributed by atoms with Crippen molar-refractivity contribution in [3.63, 3.8) is 0 Å². The van der Waals surface area contributed by atoms with Gasteiger partial charge < -0.3 is 14.0 Å². The molecule has 5 nitrogen and oxygen atoms in total. The minimum absolute atomic E-state index is 0.0710. The Hall–Kier alpha value is -2.15. The van der Waals surface area contributed by atoms with Gasteiger partial charge in [0.2, 0.25) is 5.78 Å². The molecule has 28 heavy (non-hydrogen) atoms. The summed E-state index contributed by atoms with van der Waals surface area (Å²) in [5.74, 6) is 0.863. The molecule has 1 fully saturated rings. The van der Waals surface area contributed by atoms with Gasteiger partial charge in [0.1, 0.15) is 10.6 Å². The lowest BCUT2D eigenvalue weighted by Crippen LogP contribution is -2.38. The fourth-order valence-electron chi connectivity index (χ4n) is 3.64. The largest absolute Gasteiger partial charge is 0.494 e. The molecule has 0 bridgehead atoms. The number of aryl methyl sites for hydroxylation is 1. The highest BCUT2D eigenvalue weighted by Gasteiger charge is 2.17. The molecule has 2 aromatic heterocycles. The first-order valence-corrected chi connectivity index (χ1v) is 10.6. The van der Waals surface area contributed by atoms with E-state index in [-0.39, 0.29) is 5.78 Å². The SMILES string of the molecule is CCOc1ccc(C(=O)c2cc3cc(C)n(CCN4CCOCC4)c3s2)cc1. The van der Waals surface area contributed by atoms with Gasteiger partial charge in [-0.25, -0.2) is 0 Å². The Labute approximate surface area is 169 Å². The molecular formula is C22H26N2O3S. The van der Waals surface area contributed by atoms with E-state index in [1.54, 1.807) is 11.3 Å². The van der Waals surface area contributed by atoms with E-state index in [2.05, 4.69) is 22.5 Å². The maximum atomic E-state index is 12.9. The molecule has 0 unspecified atom stereocenters. The van der Waals surface area contributed by atoms with Crippen LogP contribution in [0.2, 0.25) is 0 Å². The van der Waals surface area contributed by atoms with Crippen LogP contribution in [-0.4, -0.2) is 54.7 Å². The van der Waals surface area contributed by atoms with Gasteiger partial charge in [-0.1, -0.05) is 0 Å². The molecule has 148 valence electrons. The van der Waals surface area contributed by atoms with Gasteiger partial charge in [0.05, 0.1) is 24.7 Å². The molecule has 1 saturated heterocycles. The predicted octanol–water partition coefficient (Wildman–Crippen LogP) is 3.97. The molecule has 1 aromatic carbocycles. The van der Waals surface area contributed by atoms with E-state index in [0.29, 0.717) is 12.2 Å². The summed E-state index contributed by atoms with van der Waals surface area (Å²) in [5.41, 5.74) is 1.94. The van der Waals surface area contributed by atoms with Gasteiger partial charge in [0.15, 0.2) is 0 Å². The minimum atomic E-state index is 0.0710. The van der Waals surface area contributed by atoms with E-state index in [4.69, 9.17) is 9.47 Å². The van der Waals surface area contributed by atoms with E-state index < -0.39 is 0 Å². The van der Waals surface area contributed by atoms with Crippen LogP contribution < -0.4 is 4.74 Å². The quantitative estimate of drug-likeness (QED) is 0.565. The molecule has 0 radical (unpaired) electrons. The van der Waals surface area contributed by atoms with Gasteiger partial charge in [-0.05, 0) is 50.2 Å². The number of carbonyl (C=O) groups is 1. The topological polar surface area (TPSA) is 43.7 Å². The molecule has 0 aliphatic carbocycles. The molecule has 0 saturated carbocycles. The Balaban J connectivity index is 1.52. The van der Waals surface area contributed by atoms with Crippen LogP contribution in [0.5, 0.6) is 5.75 Å². The molecule has 3 heterocycles. The number of carbonyl (C=O) groups excluding carboxylic acids is 1. The van der Waals surface area contributed by atoms with Crippen molar-refractivity contribution < 1.29 is 14.3 Å². The molecule has 0 N–H and O–H groups in total. The van der Waals surface area contributed by atoms with Crippen molar-refractivity contribution in [1.29, 1.82) is 0 Å². The standard InChI is InChI=1S/C22H26N2O3S/c1-3-27-19-6-4-17(5-7-19)21(25)20-15-18-14-16(2)24(22(18)28-20)9-8-23-10-12-26-13-11-23/h4-7,14-15H,3,8-13H2,1-2H3. The van der Waals surface area contributed by atoms with Crippen molar-refractivity contribution in [2.45, 2.75) is 20.4 Å². The molecule has 1 aliphatic heterocycles. The lowest BCUT2D eigenvalue weighted by Gasteiger charge is -2.26. The summed E-state index contributed by atoms with van der Waals surface area (Å²) in [6.45, 7) is 10.3. The third-order valence-corrected chi connectivity index (χ3v) is 6.34. The second kappa shape index (κ2) is 8.47. The zero-order chi connectivity index (χ0) is 19.5. The lowest BCUT2D eigenvalue weighted by atomic mass is 10.1. The van der Waals surface area contributed by atoms with Gasteiger partial charge in [-0.3, -0.25) is 9.69 Å². The Morgan fingerprint density at radius 1 is 1.14 bits per heavy atom. The fraction of sp³-hybridized carbons (Fsp3) is 0.409. The highest BCUT2D eigenvalue weighted by atomic mass is 32.1. The van der Waals surface area contributed by atoms with Crippen molar-refractivity contribution in [1.82, 2.24) is 9.47 Å². The fourth-order valence-corrected chi connectivity index (χ4v) is 4.83. The van der Waals surface area contributed by atoms with Crippen LogP contribution in [0.15, 0.2) is 36.4 Å². The second-order valence-electron chi connectivity index (χ2n) is 7.05. The van der Waals surface area contributed by atoms with Crippen molar-refractivity contribution in [2.75, 3.05) is 39.5 Å². The number of nitrogens with zero attached hydrogens (tertiary/aromatic N) is 2. The number of fused-ring (bicyclic) bond motifs is 1. The predicted molar refractivity (Wildman–Crippen MR) is 113 cm³/mol. The Kier molecular flexibility index (Phi) is 5.80. The van der Waals surface area contributed by atoms with Crippen molar-refractivity contribution in [3.8, 4) is 5.75 Å². The summed E-state index contributed by atoms with van der Waals surface area (Å²) >= 11 is 1.59. The highest BCUT2D eigenvalue weighted by Crippen LogP contribution is 2.31. The Bertz CT molecular complexity index is 952. The number of rotatable bonds is 7. The number of aromatic nitrogens is 1. The zero-order valence-corrected chi connectivity index (χ0v) is 17.3. The number of ether oxygens (including phenoxy) is 2. The number of thiophene rings is 1. The summed E-state index contributed by atoms with van der Waals surface area (Å²) in [6.07, 6.45) is 0. The first kappa shape index (κ1) is 19.2. The lowest BCUT2D eigenvalue weighted by molar-refractivity contribution is 0.0365. The maximum Gasteiger partial charge on any atom is 0.203 e. The van der Waals surface area contributed by atoms with Crippen LogP contribution in [0.3, 0.4) is 0 Å². The highest BCUT2D eigenvalue weighted by molar-refractivity contribution is 7.20. The normalized spacial score (nSPS) is 15.2.